The Kier molecular flexibility index (Phi) is 4.24. The van der Waals surface area contributed by atoms with Crippen LogP contribution in [0.3, 0.4) is 0 Å². The summed E-state index contributed by atoms with van der Waals surface area (Å²) >= 11 is 0. The molecule has 72 valence electrons. The van der Waals surface area contributed by atoms with Crippen molar-refractivity contribution in [2.45, 2.75) is 52.1 Å². The second-order valence-corrected chi connectivity index (χ2v) is 3.91. The van der Waals surface area contributed by atoms with E-state index in [2.05, 4.69) is 19.2 Å². The van der Waals surface area contributed by atoms with Crippen molar-refractivity contribution in [2.24, 2.45) is 0 Å². The van der Waals surface area contributed by atoms with Gasteiger partial charge in [-0.2, -0.15) is 0 Å². The third-order valence-electron chi connectivity index (χ3n) is 1.84. The van der Waals surface area contributed by atoms with Gasteiger partial charge in [-0.1, -0.05) is 6.92 Å². The van der Waals surface area contributed by atoms with Gasteiger partial charge in [-0.25, -0.2) is 0 Å². The molecular formula is C9H19NO2. The Morgan fingerprint density at radius 2 is 2.08 bits per heavy atom. The van der Waals surface area contributed by atoms with Crippen molar-refractivity contribution >= 4 is 5.97 Å². The number of hydrogen-bond donors (Lipinski definition) is 2. The van der Waals surface area contributed by atoms with Crippen molar-refractivity contribution < 1.29 is 9.90 Å². The third kappa shape index (κ3) is 5.13. The molecule has 1 unspecified atom stereocenters. The molecule has 0 aromatic rings. The summed E-state index contributed by atoms with van der Waals surface area (Å²) in [6.07, 6.45) is 1.18. The zero-order chi connectivity index (χ0) is 9.78. The molecule has 0 heterocycles. The first-order valence-electron chi connectivity index (χ1n) is 4.37. The van der Waals surface area contributed by atoms with Crippen LogP contribution in [0.2, 0.25) is 0 Å². The van der Waals surface area contributed by atoms with Crippen LogP contribution in [0.5, 0.6) is 0 Å². The maximum Gasteiger partial charge on any atom is 0.305 e. The fourth-order valence-corrected chi connectivity index (χ4v) is 1.20. The van der Waals surface area contributed by atoms with E-state index in [1.165, 1.54) is 0 Å². The van der Waals surface area contributed by atoms with Gasteiger partial charge >= 0.3 is 5.97 Å². The van der Waals surface area contributed by atoms with E-state index in [0.29, 0.717) is 6.04 Å². The van der Waals surface area contributed by atoms with E-state index in [-0.39, 0.29) is 12.0 Å². The molecule has 1 atom stereocenters. The second kappa shape index (κ2) is 4.45. The summed E-state index contributed by atoms with van der Waals surface area (Å²) in [5.41, 5.74) is -0.304. The van der Waals surface area contributed by atoms with Gasteiger partial charge in [-0.15, -0.1) is 0 Å². The molecule has 0 radical (unpaired) electrons. The van der Waals surface area contributed by atoms with Gasteiger partial charge in [0.1, 0.15) is 0 Å². The normalized spacial score (nSPS) is 14.3. The maximum absolute atomic E-state index is 10.4. The van der Waals surface area contributed by atoms with Crippen LogP contribution in [0.1, 0.15) is 40.5 Å². The highest BCUT2D eigenvalue weighted by atomic mass is 16.4. The largest absolute Gasteiger partial charge is 0.481 e. The molecule has 0 aromatic heterocycles. The first-order chi connectivity index (χ1) is 5.37. The minimum Gasteiger partial charge on any atom is -0.481 e. The molecule has 0 rings (SSSR count). The average molecular weight is 173 g/mol. The van der Waals surface area contributed by atoms with Gasteiger partial charge in [0.05, 0.1) is 6.42 Å². The second-order valence-electron chi connectivity index (χ2n) is 3.91. The fourth-order valence-electron chi connectivity index (χ4n) is 1.20. The molecule has 0 aliphatic rings. The first-order valence-corrected chi connectivity index (χ1v) is 4.37. The highest BCUT2D eigenvalue weighted by molar-refractivity contribution is 5.68. The van der Waals surface area contributed by atoms with Crippen molar-refractivity contribution in [3.8, 4) is 0 Å². The summed E-state index contributed by atoms with van der Waals surface area (Å²) in [6, 6.07) is 0.374. The minimum absolute atomic E-state index is 0.164. The molecule has 0 spiro atoms. The Labute approximate surface area is 74.2 Å². The molecule has 0 saturated heterocycles. The summed E-state index contributed by atoms with van der Waals surface area (Å²) in [7, 11) is 0. The third-order valence-corrected chi connectivity index (χ3v) is 1.84. The fraction of sp³-hybridized carbons (Fsp3) is 0.889. The van der Waals surface area contributed by atoms with Crippen LogP contribution in [-0.4, -0.2) is 22.7 Å². The van der Waals surface area contributed by atoms with E-state index in [0.717, 1.165) is 6.42 Å². The van der Waals surface area contributed by atoms with Crippen LogP contribution in [0, 0.1) is 0 Å². The number of carboxylic acid groups (broad SMARTS) is 1. The van der Waals surface area contributed by atoms with Crippen LogP contribution in [0.4, 0.5) is 0 Å². The van der Waals surface area contributed by atoms with Crippen LogP contribution in [0.15, 0.2) is 0 Å². The number of aliphatic carboxylic acids is 1. The van der Waals surface area contributed by atoms with Gasteiger partial charge in [-0.3, -0.25) is 4.79 Å². The molecule has 0 aliphatic carbocycles. The lowest BCUT2D eigenvalue weighted by atomic mass is 9.99. The molecule has 12 heavy (non-hydrogen) atoms. The Balaban J connectivity index is 3.94. The number of carbonyl (C=O) groups is 1. The number of carboxylic acids is 1. The molecule has 0 amide bonds. The van der Waals surface area contributed by atoms with Crippen LogP contribution in [-0.2, 0) is 4.79 Å². The van der Waals surface area contributed by atoms with Gasteiger partial charge in [0.15, 0.2) is 0 Å². The van der Waals surface area contributed by atoms with E-state index >= 15 is 0 Å². The molecule has 2 N–H and O–H groups in total. The van der Waals surface area contributed by atoms with Crippen molar-refractivity contribution in [3.05, 3.63) is 0 Å². The SMILES string of the molecule is CCC(C)NC(C)(C)CC(=O)O. The quantitative estimate of drug-likeness (QED) is 0.664. The van der Waals surface area contributed by atoms with Crippen LogP contribution in [0.25, 0.3) is 0 Å². The summed E-state index contributed by atoms with van der Waals surface area (Å²) in [5.74, 6) is -0.754. The number of nitrogens with one attached hydrogen (secondary N) is 1. The Morgan fingerprint density at radius 1 is 1.58 bits per heavy atom. The molecular weight excluding hydrogens is 154 g/mol. The van der Waals surface area contributed by atoms with Gasteiger partial charge in [0, 0.05) is 11.6 Å². The number of hydrogen-bond acceptors (Lipinski definition) is 2. The van der Waals surface area contributed by atoms with Crippen molar-refractivity contribution in [1.29, 1.82) is 0 Å². The lowest BCUT2D eigenvalue weighted by Gasteiger charge is -2.28. The van der Waals surface area contributed by atoms with Crippen LogP contribution >= 0.6 is 0 Å². The van der Waals surface area contributed by atoms with E-state index in [4.69, 9.17) is 5.11 Å². The zero-order valence-corrected chi connectivity index (χ0v) is 8.35. The van der Waals surface area contributed by atoms with Gasteiger partial charge in [-0.05, 0) is 27.2 Å². The smallest absolute Gasteiger partial charge is 0.305 e. The van der Waals surface area contributed by atoms with Gasteiger partial charge in [0.2, 0.25) is 0 Å². The molecule has 0 saturated carbocycles. The van der Waals surface area contributed by atoms with Gasteiger partial charge < -0.3 is 10.4 Å². The first kappa shape index (κ1) is 11.4. The molecule has 0 bridgehead atoms. The highest BCUT2D eigenvalue weighted by Gasteiger charge is 2.22. The van der Waals surface area contributed by atoms with E-state index in [9.17, 15) is 4.79 Å². The topological polar surface area (TPSA) is 49.3 Å². The lowest BCUT2D eigenvalue weighted by molar-refractivity contribution is -0.138. The summed E-state index contributed by atoms with van der Waals surface area (Å²) < 4.78 is 0. The zero-order valence-electron chi connectivity index (χ0n) is 8.35. The highest BCUT2D eigenvalue weighted by Crippen LogP contribution is 2.10. The Morgan fingerprint density at radius 3 is 2.42 bits per heavy atom. The van der Waals surface area contributed by atoms with Crippen molar-refractivity contribution in [2.75, 3.05) is 0 Å². The van der Waals surface area contributed by atoms with Crippen molar-refractivity contribution in [3.63, 3.8) is 0 Å². The molecule has 0 aromatic carbocycles. The predicted molar refractivity (Wildman–Crippen MR) is 49.2 cm³/mol. The maximum atomic E-state index is 10.4. The molecule has 3 heteroatoms. The number of rotatable bonds is 5. The van der Waals surface area contributed by atoms with Crippen molar-refractivity contribution in [1.82, 2.24) is 5.32 Å². The minimum atomic E-state index is -0.754. The molecule has 0 aliphatic heterocycles. The molecule has 3 nitrogen and oxygen atoms in total. The predicted octanol–water partition coefficient (Wildman–Crippen LogP) is 1.63. The average Bonchev–Trinajstić information content (AvgIpc) is 1.83. The standard InChI is InChI=1S/C9H19NO2/c1-5-7(2)10-9(3,4)6-8(11)12/h7,10H,5-6H2,1-4H3,(H,11,12). The van der Waals surface area contributed by atoms with Gasteiger partial charge in [0.25, 0.3) is 0 Å². The summed E-state index contributed by atoms with van der Waals surface area (Å²) in [4.78, 5) is 10.4. The Hall–Kier alpha value is -0.570. The van der Waals surface area contributed by atoms with E-state index < -0.39 is 5.97 Å². The molecule has 0 fully saturated rings. The van der Waals surface area contributed by atoms with Crippen LogP contribution < -0.4 is 5.32 Å². The Bertz CT molecular complexity index is 155. The lowest BCUT2D eigenvalue weighted by Crippen LogP contribution is -2.45. The summed E-state index contributed by atoms with van der Waals surface area (Å²) in [6.45, 7) is 7.96. The summed E-state index contributed by atoms with van der Waals surface area (Å²) in [5, 5.41) is 11.9. The van der Waals surface area contributed by atoms with E-state index in [1.54, 1.807) is 0 Å². The monoisotopic (exact) mass is 173 g/mol. The van der Waals surface area contributed by atoms with E-state index in [1.807, 2.05) is 13.8 Å².